The number of aliphatic carboxylic acids is 1. The minimum absolute atomic E-state index is 0.0175. The Labute approximate surface area is 211 Å². The van der Waals surface area contributed by atoms with Crippen LogP contribution in [0.2, 0.25) is 0 Å². The zero-order valence-electron chi connectivity index (χ0n) is 19.6. The first-order valence-electron chi connectivity index (χ1n) is 10.9. The Balaban J connectivity index is 1.71. The van der Waals surface area contributed by atoms with Gasteiger partial charge in [0, 0.05) is 24.4 Å². The molecule has 0 bridgehead atoms. The van der Waals surface area contributed by atoms with Crippen molar-refractivity contribution in [2.75, 3.05) is 19.0 Å². The van der Waals surface area contributed by atoms with E-state index in [1.165, 1.54) is 60.4 Å². The number of sulfone groups is 1. The number of non-ortho nitro benzene ring substituents is 1. The highest BCUT2D eigenvalue weighted by molar-refractivity contribution is 7.91. The first-order chi connectivity index (χ1) is 17.4. The molecule has 4 N–H and O–H groups in total. The molecule has 14 heteroatoms. The maximum absolute atomic E-state index is 12.8. The van der Waals surface area contributed by atoms with E-state index in [9.17, 15) is 38.0 Å². The van der Waals surface area contributed by atoms with Crippen molar-refractivity contribution in [2.24, 2.45) is 0 Å². The summed E-state index contributed by atoms with van der Waals surface area (Å²) in [5.74, 6) is -2.92. The quantitative estimate of drug-likeness (QED) is 0.189. The maximum Gasteiger partial charge on any atom is 0.335 e. The average molecular weight is 533 g/mol. The van der Waals surface area contributed by atoms with E-state index >= 15 is 0 Å². The summed E-state index contributed by atoms with van der Waals surface area (Å²) in [5.41, 5.74) is -0.0749. The number of allylic oxidation sites excluding steroid dienone is 1. The summed E-state index contributed by atoms with van der Waals surface area (Å²) in [4.78, 5) is 47.5. The van der Waals surface area contributed by atoms with Crippen LogP contribution < -0.4 is 10.6 Å². The van der Waals surface area contributed by atoms with Gasteiger partial charge in [-0.2, -0.15) is 0 Å². The van der Waals surface area contributed by atoms with Crippen molar-refractivity contribution >= 4 is 33.5 Å². The molecule has 37 heavy (non-hydrogen) atoms. The molecule has 2 aromatic rings. The lowest BCUT2D eigenvalue weighted by molar-refractivity contribution is -0.384. The van der Waals surface area contributed by atoms with Crippen LogP contribution in [0.15, 0.2) is 64.7 Å². The molecule has 1 heterocycles. The highest BCUT2D eigenvalue weighted by Gasteiger charge is 2.38. The third kappa shape index (κ3) is 6.29. The van der Waals surface area contributed by atoms with Gasteiger partial charge in [0.15, 0.2) is 9.84 Å². The molecule has 2 amide bonds. The van der Waals surface area contributed by atoms with Crippen LogP contribution in [0.25, 0.3) is 0 Å². The van der Waals surface area contributed by atoms with Gasteiger partial charge < -0.3 is 25.7 Å². The summed E-state index contributed by atoms with van der Waals surface area (Å²) in [5, 5.41) is 35.2. The molecule has 0 spiro atoms. The van der Waals surface area contributed by atoms with Crippen molar-refractivity contribution < 1.29 is 37.9 Å². The summed E-state index contributed by atoms with van der Waals surface area (Å²) < 4.78 is 25.0. The lowest BCUT2D eigenvalue weighted by Gasteiger charge is -2.37. The topological polar surface area (TPSA) is 196 Å². The number of hydrogen-bond acceptors (Lipinski definition) is 8. The number of carboxylic acids is 2. The third-order valence-electron chi connectivity index (χ3n) is 5.68. The highest BCUT2D eigenvalue weighted by Crippen LogP contribution is 2.35. The average Bonchev–Trinajstić information content (AvgIpc) is 2.84. The molecule has 2 aromatic carbocycles. The molecule has 1 aliphatic heterocycles. The minimum atomic E-state index is -3.76. The zero-order valence-corrected chi connectivity index (χ0v) is 20.4. The molecule has 0 radical (unpaired) electrons. The largest absolute Gasteiger partial charge is 0.478 e. The summed E-state index contributed by atoms with van der Waals surface area (Å²) in [7, 11) is -3.76. The minimum Gasteiger partial charge on any atom is -0.478 e. The molecule has 196 valence electrons. The molecule has 1 atom stereocenters. The van der Waals surface area contributed by atoms with Gasteiger partial charge in [0.2, 0.25) is 0 Å². The van der Waals surface area contributed by atoms with Crippen LogP contribution in [0.5, 0.6) is 0 Å². The van der Waals surface area contributed by atoms with E-state index in [0.717, 1.165) is 0 Å². The summed E-state index contributed by atoms with van der Waals surface area (Å²) in [6, 6.07) is 8.46. The van der Waals surface area contributed by atoms with E-state index in [2.05, 4.69) is 10.6 Å². The highest BCUT2D eigenvalue weighted by atomic mass is 32.2. The van der Waals surface area contributed by atoms with Gasteiger partial charge in [-0.3, -0.25) is 10.1 Å². The fraction of sp³-hybridized carbons (Fsp3) is 0.261. The molecule has 0 fully saturated rings. The fourth-order valence-corrected chi connectivity index (χ4v) is 5.04. The number of aromatic carboxylic acids is 1. The van der Waals surface area contributed by atoms with Gasteiger partial charge in [-0.25, -0.2) is 22.8 Å². The molecule has 0 aliphatic carbocycles. The summed E-state index contributed by atoms with van der Waals surface area (Å²) in [6.07, 6.45) is 0.234. The molecular formula is C23H24N4O9S. The standard InChI is InChI=1S/C23H24N4O9S/c1-14-19(22(30)31)20(16-4-2-5-17(12-16)27(33)34)26(23(32)25-14)11-3-10-24-13-37(35,36)18-8-6-15(7-9-18)21(28)29/h2,4-9,12,20,24H,3,10-11,13H2,1H3,(H,25,32)(H,28,29)(H,30,31). The van der Waals surface area contributed by atoms with Crippen molar-refractivity contribution in [3.8, 4) is 0 Å². The van der Waals surface area contributed by atoms with Crippen molar-refractivity contribution in [3.63, 3.8) is 0 Å². The molecule has 0 saturated heterocycles. The molecule has 0 aromatic heterocycles. The van der Waals surface area contributed by atoms with Gasteiger partial charge in [0.1, 0.15) is 5.88 Å². The fourth-order valence-electron chi connectivity index (χ4n) is 3.91. The Morgan fingerprint density at radius 3 is 2.41 bits per heavy atom. The van der Waals surface area contributed by atoms with Crippen LogP contribution in [0.3, 0.4) is 0 Å². The Bertz CT molecular complexity index is 1370. The van der Waals surface area contributed by atoms with Crippen LogP contribution in [0.4, 0.5) is 10.5 Å². The van der Waals surface area contributed by atoms with Crippen molar-refractivity contribution in [1.82, 2.24) is 15.5 Å². The first kappa shape index (κ1) is 27.3. The number of hydrogen-bond donors (Lipinski definition) is 4. The molecular weight excluding hydrogens is 508 g/mol. The van der Waals surface area contributed by atoms with Crippen LogP contribution >= 0.6 is 0 Å². The number of nitrogens with one attached hydrogen (secondary N) is 2. The second-order valence-corrected chi connectivity index (χ2v) is 10.2. The Morgan fingerprint density at radius 2 is 1.81 bits per heavy atom. The summed E-state index contributed by atoms with van der Waals surface area (Å²) >= 11 is 0. The lowest BCUT2D eigenvalue weighted by atomic mass is 9.93. The number of carbonyl (C=O) groups excluding carboxylic acids is 1. The number of nitrogens with zero attached hydrogens (tertiary/aromatic N) is 2. The molecule has 1 unspecified atom stereocenters. The molecule has 13 nitrogen and oxygen atoms in total. The lowest BCUT2D eigenvalue weighted by Crippen LogP contribution is -2.49. The van der Waals surface area contributed by atoms with Gasteiger partial charge in [-0.05, 0) is 49.7 Å². The van der Waals surface area contributed by atoms with E-state index in [-0.39, 0.29) is 52.5 Å². The number of nitro benzene ring substituents is 1. The number of rotatable bonds is 11. The second-order valence-electron chi connectivity index (χ2n) is 8.16. The Morgan fingerprint density at radius 1 is 1.14 bits per heavy atom. The number of benzene rings is 2. The Hall–Kier alpha value is -4.30. The van der Waals surface area contributed by atoms with E-state index in [4.69, 9.17) is 5.11 Å². The third-order valence-corrected chi connectivity index (χ3v) is 7.25. The predicted octanol–water partition coefficient (Wildman–Crippen LogP) is 2.13. The Kier molecular flexibility index (Phi) is 8.24. The summed E-state index contributed by atoms with van der Waals surface area (Å²) in [6.45, 7) is 1.59. The van der Waals surface area contributed by atoms with Gasteiger partial charge in [0.25, 0.3) is 5.69 Å². The van der Waals surface area contributed by atoms with E-state index in [1.54, 1.807) is 0 Å². The van der Waals surface area contributed by atoms with Crippen molar-refractivity contribution in [1.29, 1.82) is 0 Å². The SMILES string of the molecule is CC1=C(C(=O)O)C(c2cccc([N+](=O)[O-])c2)N(CCCNCS(=O)(=O)c2ccc(C(=O)O)cc2)C(=O)N1. The number of carboxylic acid groups (broad SMARTS) is 2. The van der Waals surface area contributed by atoms with E-state index in [0.29, 0.717) is 0 Å². The molecule has 3 rings (SSSR count). The smallest absolute Gasteiger partial charge is 0.335 e. The molecule has 0 saturated carbocycles. The normalized spacial score (nSPS) is 15.9. The number of carbonyl (C=O) groups is 3. The van der Waals surface area contributed by atoms with Gasteiger partial charge in [-0.15, -0.1) is 0 Å². The predicted molar refractivity (Wildman–Crippen MR) is 129 cm³/mol. The zero-order chi connectivity index (χ0) is 27.3. The number of urea groups is 1. The van der Waals surface area contributed by atoms with Crippen LogP contribution in [-0.4, -0.2) is 65.4 Å². The second kappa shape index (κ2) is 11.2. The van der Waals surface area contributed by atoms with E-state index < -0.39 is 44.6 Å². The monoisotopic (exact) mass is 532 g/mol. The van der Waals surface area contributed by atoms with Crippen LogP contribution in [0.1, 0.15) is 35.3 Å². The van der Waals surface area contributed by atoms with Gasteiger partial charge in [0.05, 0.1) is 27.0 Å². The number of nitro groups is 1. The van der Waals surface area contributed by atoms with Crippen molar-refractivity contribution in [3.05, 3.63) is 81.0 Å². The maximum atomic E-state index is 12.8. The van der Waals surface area contributed by atoms with Crippen molar-refractivity contribution in [2.45, 2.75) is 24.3 Å². The van der Waals surface area contributed by atoms with Crippen LogP contribution in [0, 0.1) is 10.1 Å². The van der Waals surface area contributed by atoms with E-state index in [1.807, 2.05) is 0 Å². The van der Waals surface area contributed by atoms with Gasteiger partial charge >= 0.3 is 18.0 Å². The molecule has 1 aliphatic rings. The number of amides is 2. The first-order valence-corrected chi connectivity index (χ1v) is 12.6. The van der Waals surface area contributed by atoms with Crippen LogP contribution in [-0.2, 0) is 14.6 Å². The van der Waals surface area contributed by atoms with Gasteiger partial charge in [-0.1, -0.05) is 12.1 Å².